The van der Waals surface area contributed by atoms with Crippen molar-refractivity contribution in [1.29, 1.82) is 0 Å². The Morgan fingerprint density at radius 1 is 1.21 bits per heavy atom. The third-order valence-corrected chi connectivity index (χ3v) is 2.79. The van der Waals surface area contributed by atoms with Crippen LogP contribution in [-0.4, -0.2) is 15.8 Å². The smallest absolute Gasteiger partial charge is 0.210 e. The fraction of sp³-hybridized carbons (Fsp3) is 0.125. The number of Topliss-reactive ketones (excluding diaryl/α,β-unsaturated/α-hetero) is 1. The summed E-state index contributed by atoms with van der Waals surface area (Å²) in [6, 6.07) is 9.74. The van der Waals surface area contributed by atoms with Crippen LogP contribution in [0, 0.1) is 0 Å². The number of nitrogens with one attached hydrogen (secondary N) is 1. The number of carbonyl (C=O) groups excluding carboxylic acids is 1. The predicted molar refractivity (Wildman–Crippen MR) is 76.9 cm³/mol. The first-order valence-electron chi connectivity index (χ1n) is 6.20. The van der Waals surface area contributed by atoms with Gasteiger partial charge in [0.05, 0.1) is 6.20 Å². The molecule has 3 nitrogen and oxygen atoms in total. The van der Waals surface area contributed by atoms with E-state index in [9.17, 15) is 4.79 Å². The molecule has 1 N–H and O–H groups in total. The average molecular weight is 252 g/mol. The van der Waals surface area contributed by atoms with Crippen LogP contribution in [0.3, 0.4) is 0 Å². The fourth-order valence-corrected chi connectivity index (χ4v) is 1.82. The number of allylic oxidation sites excluding steroid dienone is 4. The molecule has 0 saturated heterocycles. The zero-order chi connectivity index (χ0) is 13.7. The first-order chi connectivity index (χ1) is 9.26. The maximum absolute atomic E-state index is 12.2. The molecule has 0 amide bonds. The molecule has 0 unspecified atom stereocenters. The molecule has 3 heteroatoms. The Hall–Kier alpha value is -2.42. The molecule has 0 aliphatic rings. The predicted octanol–water partition coefficient (Wildman–Crippen LogP) is 3.78. The molecule has 0 fully saturated rings. The van der Waals surface area contributed by atoms with Crippen LogP contribution in [0.2, 0.25) is 0 Å². The maximum Gasteiger partial charge on any atom is 0.210 e. The summed E-state index contributed by atoms with van der Waals surface area (Å²) in [7, 11) is 0. The molecule has 0 aliphatic heterocycles. The zero-order valence-electron chi connectivity index (χ0n) is 11.1. The lowest BCUT2D eigenvalue weighted by molar-refractivity contribution is 0.103. The molecular weight excluding hydrogens is 236 g/mol. The average Bonchev–Trinajstić information content (AvgIpc) is 2.95. The van der Waals surface area contributed by atoms with Gasteiger partial charge in [0, 0.05) is 11.1 Å². The fourth-order valence-electron chi connectivity index (χ4n) is 1.82. The lowest BCUT2D eigenvalue weighted by atomic mass is 10.1. The van der Waals surface area contributed by atoms with Gasteiger partial charge in [0.25, 0.3) is 0 Å². The minimum Gasteiger partial charge on any atom is -0.335 e. The molecule has 0 aliphatic carbocycles. The Morgan fingerprint density at radius 2 is 1.95 bits per heavy atom. The number of hydrogen-bond donors (Lipinski definition) is 1. The molecule has 1 aromatic heterocycles. The van der Waals surface area contributed by atoms with E-state index in [0.29, 0.717) is 17.1 Å². The van der Waals surface area contributed by atoms with Crippen LogP contribution in [0.4, 0.5) is 0 Å². The van der Waals surface area contributed by atoms with Gasteiger partial charge in [0.15, 0.2) is 0 Å². The summed E-state index contributed by atoms with van der Waals surface area (Å²) < 4.78 is 0. The molecule has 2 rings (SSSR count). The first kappa shape index (κ1) is 13.0. The normalized spacial score (nSPS) is 12.0. The van der Waals surface area contributed by atoms with E-state index in [2.05, 4.69) is 9.97 Å². The second kappa shape index (κ2) is 5.96. The highest BCUT2D eigenvalue weighted by atomic mass is 16.1. The van der Waals surface area contributed by atoms with Gasteiger partial charge in [-0.1, -0.05) is 48.6 Å². The van der Waals surface area contributed by atoms with Gasteiger partial charge in [-0.2, -0.15) is 0 Å². The van der Waals surface area contributed by atoms with Crippen molar-refractivity contribution in [1.82, 2.24) is 9.97 Å². The number of H-pyrrole nitrogens is 1. The molecule has 0 radical (unpaired) electrons. The Balaban J connectivity index is 2.29. The third-order valence-electron chi connectivity index (χ3n) is 2.79. The number of aromatic nitrogens is 2. The summed E-state index contributed by atoms with van der Waals surface area (Å²) in [5.41, 5.74) is 2.13. The number of imidazole rings is 1. The molecular formula is C16H16N2O. The van der Waals surface area contributed by atoms with Crippen molar-refractivity contribution in [3.63, 3.8) is 0 Å². The highest BCUT2D eigenvalue weighted by Crippen LogP contribution is 2.16. The van der Waals surface area contributed by atoms with E-state index in [1.807, 2.05) is 50.3 Å². The minimum absolute atomic E-state index is 0.0460. The van der Waals surface area contributed by atoms with Crippen molar-refractivity contribution in [2.75, 3.05) is 0 Å². The number of carbonyl (C=O) groups is 1. The van der Waals surface area contributed by atoms with E-state index in [0.717, 1.165) is 5.56 Å². The zero-order valence-corrected chi connectivity index (χ0v) is 11.1. The van der Waals surface area contributed by atoms with Gasteiger partial charge in [-0.05, 0) is 13.8 Å². The van der Waals surface area contributed by atoms with E-state index in [1.165, 1.54) is 0 Å². The Bertz CT molecular complexity index is 621. The van der Waals surface area contributed by atoms with Gasteiger partial charge in [-0.15, -0.1) is 0 Å². The summed E-state index contributed by atoms with van der Waals surface area (Å²) in [5.74, 6) is 0.662. The van der Waals surface area contributed by atoms with E-state index in [1.54, 1.807) is 18.3 Å². The summed E-state index contributed by atoms with van der Waals surface area (Å²) >= 11 is 0. The summed E-state index contributed by atoms with van der Waals surface area (Å²) in [6.45, 7) is 3.74. The molecule has 1 heterocycles. The van der Waals surface area contributed by atoms with Gasteiger partial charge in [-0.3, -0.25) is 4.79 Å². The number of nitrogens with zero attached hydrogens (tertiary/aromatic N) is 1. The molecule has 0 spiro atoms. The summed E-state index contributed by atoms with van der Waals surface area (Å²) in [5, 5.41) is 0. The van der Waals surface area contributed by atoms with Crippen LogP contribution in [-0.2, 0) is 0 Å². The van der Waals surface area contributed by atoms with Crippen LogP contribution in [0.25, 0.3) is 11.4 Å². The van der Waals surface area contributed by atoms with Crippen molar-refractivity contribution in [3.8, 4) is 11.4 Å². The van der Waals surface area contributed by atoms with Crippen molar-refractivity contribution < 1.29 is 4.79 Å². The highest BCUT2D eigenvalue weighted by molar-refractivity contribution is 6.09. The second-order valence-electron chi connectivity index (χ2n) is 4.08. The Kier molecular flexibility index (Phi) is 4.08. The number of hydrogen-bond acceptors (Lipinski definition) is 2. The molecule has 2 aromatic rings. The molecule has 0 atom stereocenters. The number of benzene rings is 1. The van der Waals surface area contributed by atoms with E-state index in [-0.39, 0.29) is 5.78 Å². The molecule has 0 saturated carbocycles. The monoisotopic (exact) mass is 252 g/mol. The third kappa shape index (κ3) is 2.88. The van der Waals surface area contributed by atoms with E-state index >= 15 is 0 Å². The van der Waals surface area contributed by atoms with Crippen LogP contribution < -0.4 is 0 Å². The topological polar surface area (TPSA) is 45.8 Å². The van der Waals surface area contributed by atoms with E-state index < -0.39 is 0 Å². The minimum atomic E-state index is -0.0460. The quantitative estimate of drug-likeness (QED) is 0.511. The number of rotatable bonds is 4. The molecule has 96 valence electrons. The van der Waals surface area contributed by atoms with Gasteiger partial charge >= 0.3 is 0 Å². The van der Waals surface area contributed by atoms with Gasteiger partial charge in [0.1, 0.15) is 11.5 Å². The summed E-state index contributed by atoms with van der Waals surface area (Å²) in [4.78, 5) is 19.5. The SMILES string of the molecule is C/C=C\C(=C/C)C(=O)c1cnc(-c2ccccc2)[nH]1. The Morgan fingerprint density at radius 3 is 2.58 bits per heavy atom. The Labute approximate surface area is 112 Å². The van der Waals surface area contributed by atoms with Crippen molar-refractivity contribution in [2.24, 2.45) is 0 Å². The van der Waals surface area contributed by atoms with Crippen molar-refractivity contribution in [2.45, 2.75) is 13.8 Å². The van der Waals surface area contributed by atoms with Gasteiger partial charge in [0.2, 0.25) is 5.78 Å². The van der Waals surface area contributed by atoms with Crippen LogP contribution >= 0.6 is 0 Å². The number of ketones is 1. The maximum atomic E-state index is 12.2. The van der Waals surface area contributed by atoms with Crippen molar-refractivity contribution >= 4 is 5.78 Å². The van der Waals surface area contributed by atoms with Gasteiger partial charge in [-0.25, -0.2) is 4.98 Å². The molecule has 1 aromatic carbocycles. The summed E-state index contributed by atoms with van der Waals surface area (Å²) in [6.07, 6.45) is 7.02. The lowest BCUT2D eigenvalue weighted by Gasteiger charge is -1.98. The van der Waals surface area contributed by atoms with Gasteiger partial charge < -0.3 is 4.98 Å². The lowest BCUT2D eigenvalue weighted by Crippen LogP contribution is -2.01. The standard InChI is InChI=1S/C16H16N2O/c1-3-8-12(4-2)15(19)14-11-17-16(18-14)13-9-6-5-7-10-13/h3-11H,1-2H3,(H,17,18)/b8-3-,12-4+. The van der Waals surface area contributed by atoms with Crippen LogP contribution in [0.5, 0.6) is 0 Å². The first-order valence-corrected chi connectivity index (χ1v) is 6.20. The molecule has 0 bridgehead atoms. The second-order valence-corrected chi connectivity index (χ2v) is 4.08. The van der Waals surface area contributed by atoms with Crippen LogP contribution in [0.1, 0.15) is 24.3 Å². The largest absolute Gasteiger partial charge is 0.335 e. The highest BCUT2D eigenvalue weighted by Gasteiger charge is 2.12. The van der Waals surface area contributed by atoms with E-state index in [4.69, 9.17) is 0 Å². The molecule has 19 heavy (non-hydrogen) atoms. The van der Waals surface area contributed by atoms with Crippen molar-refractivity contribution in [3.05, 3.63) is 66.0 Å². The van der Waals surface area contributed by atoms with Crippen LogP contribution in [0.15, 0.2) is 60.3 Å². The number of aromatic amines is 1.